The van der Waals surface area contributed by atoms with Crippen molar-refractivity contribution in [2.45, 2.75) is 19.8 Å². The highest BCUT2D eigenvalue weighted by Crippen LogP contribution is 2.31. The molecule has 9 heteroatoms. The van der Waals surface area contributed by atoms with E-state index < -0.39 is 10.0 Å². The minimum absolute atomic E-state index is 0.117. The second-order valence-corrected chi connectivity index (χ2v) is 9.65. The lowest BCUT2D eigenvalue weighted by Crippen LogP contribution is -2.31. The van der Waals surface area contributed by atoms with Gasteiger partial charge in [0.2, 0.25) is 15.9 Å². The van der Waals surface area contributed by atoms with Gasteiger partial charge >= 0.3 is 0 Å². The molecule has 1 N–H and O–H groups in total. The number of amides is 1. The van der Waals surface area contributed by atoms with Gasteiger partial charge in [0.05, 0.1) is 17.0 Å². The second-order valence-electron chi connectivity index (χ2n) is 6.05. The fourth-order valence-corrected chi connectivity index (χ4v) is 4.12. The van der Waals surface area contributed by atoms with Crippen molar-refractivity contribution in [1.29, 1.82) is 0 Å². The molecule has 2 aromatic carbocycles. The number of nitrogens with zero attached hydrogens (tertiary/aromatic N) is 1. The zero-order valence-electron chi connectivity index (χ0n) is 14.8. The third-order valence-corrected chi connectivity index (χ3v) is 6.41. The smallest absolute Gasteiger partial charge is 0.232 e. The minimum Gasteiger partial charge on any atom is -0.326 e. The fraction of sp³-hybridized carbons (Fsp3) is 0.278. The fourth-order valence-electron chi connectivity index (χ4n) is 2.47. The van der Waals surface area contributed by atoms with Gasteiger partial charge in [0, 0.05) is 28.1 Å². The standard InChI is InChI=1S/C18H19BrCl2N2O3S/c1-12-10-14(6-7-15(12)19)22-18(24)4-3-9-23(27(2,25)26)17-11-13(20)5-8-16(17)21/h5-8,10-11H,3-4,9H2,1-2H3,(H,22,24). The Labute approximate surface area is 177 Å². The number of carbonyl (C=O) groups excluding carboxylic acids is 1. The van der Waals surface area contributed by atoms with Gasteiger partial charge in [-0.1, -0.05) is 39.1 Å². The largest absolute Gasteiger partial charge is 0.326 e. The lowest BCUT2D eigenvalue weighted by Gasteiger charge is -2.23. The summed E-state index contributed by atoms with van der Waals surface area (Å²) in [5.74, 6) is -0.192. The van der Waals surface area contributed by atoms with Gasteiger partial charge in [-0.3, -0.25) is 9.10 Å². The van der Waals surface area contributed by atoms with Gasteiger partial charge < -0.3 is 5.32 Å². The third-order valence-electron chi connectivity index (χ3n) is 3.78. The number of benzene rings is 2. The molecular formula is C18H19BrCl2N2O3S. The molecule has 1 amide bonds. The van der Waals surface area contributed by atoms with Crippen LogP contribution >= 0.6 is 39.1 Å². The summed E-state index contributed by atoms with van der Waals surface area (Å²) in [6.07, 6.45) is 1.59. The van der Waals surface area contributed by atoms with Crippen LogP contribution in [0.2, 0.25) is 10.0 Å². The highest BCUT2D eigenvalue weighted by Gasteiger charge is 2.20. The lowest BCUT2D eigenvalue weighted by atomic mass is 10.2. The van der Waals surface area contributed by atoms with Crippen molar-refractivity contribution in [2.24, 2.45) is 0 Å². The predicted octanol–water partition coefficient (Wildman–Crippen LogP) is 5.25. The molecule has 0 fully saturated rings. The first kappa shape index (κ1) is 22.0. The molecule has 2 rings (SSSR count). The number of carbonyl (C=O) groups is 1. The average Bonchev–Trinajstić information content (AvgIpc) is 2.56. The van der Waals surface area contributed by atoms with Gasteiger partial charge in [0.1, 0.15) is 0 Å². The van der Waals surface area contributed by atoms with E-state index in [0.29, 0.717) is 22.8 Å². The van der Waals surface area contributed by atoms with E-state index in [4.69, 9.17) is 23.2 Å². The van der Waals surface area contributed by atoms with Crippen LogP contribution in [0.5, 0.6) is 0 Å². The summed E-state index contributed by atoms with van der Waals surface area (Å²) in [5, 5.41) is 3.47. The van der Waals surface area contributed by atoms with E-state index in [0.717, 1.165) is 20.6 Å². The number of sulfonamides is 1. The summed E-state index contributed by atoms with van der Waals surface area (Å²) in [6.45, 7) is 2.05. The van der Waals surface area contributed by atoms with Crippen LogP contribution in [0.25, 0.3) is 0 Å². The molecule has 0 aliphatic carbocycles. The molecular weight excluding hydrogens is 475 g/mol. The van der Waals surface area contributed by atoms with E-state index >= 15 is 0 Å². The van der Waals surface area contributed by atoms with Crippen molar-refractivity contribution in [2.75, 3.05) is 22.4 Å². The summed E-state index contributed by atoms with van der Waals surface area (Å²) >= 11 is 15.5. The van der Waals surface area contributed by atoms with Crippen molar-refractivity contribution < 1.29 is 13.2 Å². The van der Waals surface area contributed by atoms with Crippen molar-refractivity contribution in [3.05, 3.63) is 56.5 Å². The Morgan fingerprint density at radius 2 is 1.89 bits per heavy atom. The second kappa shape index (κ2) is 9.28. The topological polar surface area (TPSA) is 66.5 Å². The summed E-state index contributed by atoms with van der Waals surface area (Å²) in [5.41, 5.74) is 2.00. The molecule has 0 saturated carbocycles. The maximum atomic E-state index is 12.2. The minimum atomic E-state index is -3.57. The van der Waals surface area contributed by atoms with Crippen molar-refractivity contribution in [3.8, 4) is 0 Å². The van der Waals surface area contributed by atoms with E-state index in [1.165, 1.54) is 6.07 Å². The van der Waals surface area contributed by atoms with Gasteiger partial charge in [-0.05, 0) is 55.3 Å². The molecule has 27 heavy (non-hydrogen) atoms. The average molecular weight is 494 g/mol. The number of aryl methyl sites for hydroxylation is 1. The Hall–Kier alpha value is -1.28. The summed E-state index contributed by atoms with van der Waals surface area (Å²) in [6, 6.07) is 10.1. The maximum Gasteiger partial charge on any atom is 0.232 e. The molecule has 0 aromatic heterocycles. The van der Waals surface area contributed by atoms with Crippen LogP contribution in [-0.4, -0.2) is 27.1 Å². The van der Waals surface area contributed by atoms with E-state index in [1.807, 2.05) is 19.1 Å². The number of rotatable bonds is 7. The number of anilines is 2. The van der Waals surface area contributed by atoms with E-state index in [2.05, 4.69) is 21.2 Å². The van der Waals surface area contributed by atoms with Crippen LogP contribution in [0.3, 0.4) is 0 Å². The molecule has 2 aromatic rings. The predicted molar refractivity (Wildman–Crippen MR) is 115 cm³/mol. The Balaban J connectivity index is 2.02. The highest BCUT2D eigenvalue weighted by atomic mass is 79.9. The van der Waals surface area contributed by atoms with Gasteiger partial charge in [-0.25, -0.2) is 8.42 Å². The van der Waals surface area contributed by atoms with Crippen LogP contribution in [0.4, 0.5) is 11.4 Å². The number of hydrogen-bond donors (Lipinski definition) is 1. The highest BCUT2D eigenvalue weighted by molar-refractivity contribution is 9.10. The summed E-state index contributed by atoms with van der Waals surface area (Å²) in [7, 11) is -3.57. The summed E-state index contributed by atoms with van der Waals surface area (Å²) in [4.78, 5) is 12.2. The van der Waals surface area contributed by atoms with Gasteiger partial charge in [-0.2, -0.15) is 0 Å². The molecule has 0 aliphatic rings. The number of nitrogens with one attached hydrogen (secondary N) is 1. The summed E-state index contributed by atoms with van der Waals surface area (Å²) < 4.78 is 26.4. The van der Waals surface area contributed by atoms with Crippen molar-refractivity contribution in [1.82, 2.24) is 0 Å². The molecule has 146 valence electrons. The Morgan fingerprint density at radius 1 is 1.19 bits per heavy atom. The molecule has 0 aliphatic heterocycles. The Kier molecular flexibility index (Phi) is 7.56. The van der Waals surface area contributed by atoms with E-state index in [-0.39, 0.29) is 23.9 Å². The molecule has 0 spiro atoms. The van der Waals surface area contributed by atoms with Crippen LogP contribution in [0, 0.1) is 6.92 Å². The normalized spacial score (nSPS) is 11.3. The molecule has 0 unspecified atom stereocenters. The van der Waals surface area contributed by atoms with Crippen LogP contribution in [0.15, 0.2) is 40.9 Å². The number of hydrogen-bond acceptors (Lipinski definition) is 3. The van der Waals surface area contributed by atoms with Crippen molar-refractivity contribution in [3.63, 3.8) is 0 Å². The zero-order valence-corrected chi connectivity index (χ0v) is 18.7. The van der Waals surface area contributed by atoms with E-state index in [9.17, 15) is 13.2 Å². The molecule has 0 bridgehead atoms. The van der Waals surface area contributed by atoms with Gasteiger partial charge in [0.15, 0.2) is 0 Å². The Bertz CT molecular complexity index is 952. The maximum absolute atomic E-state index is 12.2. The van der Waals surface area contributed by atoms with Gasteiger partial charge in [0.25, 0.3) is 0 Å². The van der Waals surface area contributed by atoms with Crippen LogP contribution < -0.4 is 9.62 Å². The lowest BCUT2D eigenvalue weighted by molar-refractivity contribution is -0.116. The van der Waals surface area contributed by atoms with Crippen molar-refractivity contribution >= 4 is 66.4 Å². The third kappa shape index (κ3) is 6.38. The van der Waals surface area contributed by atoms with E-state index in [1.54, 1.807) is 18.2 Å². The molecule has 0 heterocycles. The SMILES string of the molecule is Cc1cc(NC(=O)CCCN(c2cc(Cl)ccc2Cl)S(C)(=O)=O)ccc1Br. The zero-order chi connectivity index (χ0) is 20.2. The molecule has 0 atom stereocenters. The Morgan fingerprint density at radius 3 is 2.52 bits per heavy atom. The van der Waals surface area contributed by atoms with Crippen LogP contribution in [0.1, 0.15) is 18.4 Å². The first-order valence-corrected chi connectivity index (χ1v) is 11.5. The quantitative estimate of drug-likeness (QED) is 0.572. The molecule has 0 saturated heterocycles. The molecule has 0 radical (unpaired) electrons. The van der Waals surface area contributed by atoms with Gasteiger partial charge in [-0.15, -0.1) is 0 Å². The van der Waals surface area contributed by atoms with Crippen LogP contribution in [-0.2, 0) is 14.8 Å². The number of halogens is 3. The molecule has 5 nitrogen and oxygen atoms in total. The first-order chi connectivity index (χ1) is 12.6. The first-order valence-electron chi connectivity index (χ1n) is 8.06. The monoisotopic (exact) mass is 492 g/mol.